The minimum Gasteiger partial charge on any atom is -0.481 e. The fourth-order valence-electron chi connectivity index (χ4n) is 1.12. The van der Waals surface area contributed by atoms with Crippen LogP contribution in [0.1, 0.15) is 6.92 Å². The van der Waals surface area contributed by atoms with Crippen molar-refractivity contribution in [2.75, 3.05) is 19.6 Å². The number of rotatable bonds is 2. The SMILES string of the molecule is CC#CCNC(=O)N1CC(C(=O)O)C1. The lowest BCUT2D eigenvalue weighted by Gasteiger charge is -2.36. The van der Waals surface area contributed by atoms with Gasteiger partial charge in [-0.1, -0.05) is 5.92 Å². The quantitative estimate of drug-likeness (QED) is 0.597. The Morgan fingerprint density at radius 2 is 2.21 bits per heavy atom. The molecule has 1 aliphatic heterocycles. The van der Waals surface area contributed by atoms with E-state index in [9.17, 15) is 9.59 Å². The van der Waals surface area contributed by atoms with Gasteiger partial charge in [0, 0.05) is 13.1 Å². The Labute approximate surface area is 82.1 Å². The molecule has 14 heavy (non-hydrogen) atoms. The third-order valence-electron chi connectivity index (χ3n) is 2.02. The van der Waals surface area contributed by atoms with Gasteiger partial charge in [-0.05, 0) is 6.92 Å². The van der Waals surface area contributed by atoms with Gasteiger partial charge >= 0.3 is 12.0 Å². The largest absolute Gasteiger partial charge is 0.481 e. The van der Waals surface area contributed by atoms with Gasteiger partial charge in [0.2, 0.25) is 0 Å². The lowest BCUT2D eigenvalue weighted by atomic mass is 10.0. The highest BCUT2D eigenvalue weighted by Crippen LogP contribution is 2.14. The van der Waals surface area contributed by atoms with E-state index in [0.29, 0.717) is 19.6 Å². The second kappa shape index (κ2) is 4.51. The summed E-state index contributed by atoms with van der Waals surface area (Å²) in [5.74, 6) is 4.09. The maximum Gasteiger partial charge on any atom is 0.318 e. The van der Waals surface area contributed by atoms with Gasteiger partial charge in [-0.2, -0.15) is 0 Å². The van der Waals surface area contributed by atoms with Crippen molar-refractivity contribution in [1.82, 2.24) is 10.2 Å². The van der Waals surface area contributed by atoms with E-state index in [0.717, 1.165) is 0 Å². The van der Waals surface area contributed by atoms with Gasteiger partial charge in [0.1, 0.15) is 0 Å². The van der Waals surface area contributed by atoms with Gasteiger partial charge in [0.15, 0.2) is 0 Å². The molecule has 76 valence electrons. The highest BCUT2D eigenvalue weighted by atomic mass is 16.4. The molecule has 0 spiro atoms. The topological polar surface area (TPSA) is 69.6 Å². The van der Waals surface area contributed by atoms with Crippen molar-refractivity contribution in [3.05, 3.63) is 0 Å². The van der Waals surface area contributed by atoms with Gasteiger partial charge in [0.05, 0.1) is 12.5 Å². The lowest BCUT2D eigenvalue weighted by Crippen LogP contribution is -2.56. The molecular weight excluding hydrogens is 184 g/mol. The van der Waals surface area contributed by atoms with Crippen molar-refractivity contribution in [3.8, 4) is 11.8 Å². The van der Waals surface area contributed by atoms with Crippen LogP contribution in [0.4, 0.5) is 4.79 Å². The lowest BCUT2D eigenvalue weighted by molar-refractivity contribution is -0.146. The van der Waals surface area contributed by atoms with E-state index in [1.54, 1.807) is 6.92 Å². The molecule has 5 heteroatoms. The molecule has 1 rings (SSSR count). The molecule has 0 aromatic heterocycles. The summed E-state index contributed by atoms with van der Waals surface area (Å²) in [7, 11) is 0. The number of amides is 2. The van der Waals surface area contributed by atoms with Crippen LogP contribution in [0.25, 0.3) is 0 Å². The average Bonchev–Trinajstić information content (AvgIpc) is 2.01. The normalized spacial score (nSPS) is 15.1. The molecule has 1 aliphatic rings. The zero-order valence-corrected chi connectivity index (χ0v) is 7.91. The van der Waals surface area contributed by atoms with E-state index >= 15 is 0 Å². The van der Waals surface area contributed by atoms with Crippen molar-refractivity contribution in [2.45, 2.75) is 6.92 Å². The number of aliphatic carboxylic acids is 1. The fourth-order valence-corrected chi connectivity index (χ4v) is 1.12. The number of nitrogens with one attached hydrogen (secondary N) is 1. The molecular formula is C9H12N2O3. The predicted octanol–water partition coefficient (Wildman–Crippen LogP) is -0.264. The summed E-state index contributed by atoms with van der Waals surface area (Å²) in [5, 5.41) is 11.1. The van der Waals surface area contributed by atoms with Crippen molar-refractivity contribution in [1.29, 1.82) is 0 Å². The molecule has 0 aromatic rings. The van der Waals surface area contributed by atoms with Gasteiger partial charge in [-0.3, -0.25) is 4.79 Å². The van der Waals surface area contributed by atoms with Crippen LogP contribution in [0.2, 0.25) is 0 Å². The predicted molar refractivity (Wildman–Crippen MR) is 49.5 cm³/mol. The third kappa shape index (κ3) is 2.39. The van der Waals surface area contributed by atoms with E-state index in [1.165, 1.54) is 4.90 Å². The first-order valence-electron chi connectivity index (χ1n) is 4.30. The molecule has 0 saturated carbocycles. The van der Waals surface area contributed by atoms with E-state index in [-0.39, 0.29) is 6.03 Å². The second-order valence-electron chi connectivity index (χ2n) is 3.03. The molecule has 0 atom stereocenters. The molecule has 0 radical (unpaired) electrons. The van der Waals surface area contributed by atoms with Crippen LogP contribution in [0.3, 0.4) is 0 Å². The summed E-state index contributed by atoms with van der Waals surface area (Å²) in [5.41, 5.74) is 0. The number of carbonyl (C=O) groups excluding carboxylic acids is 1. The summed E-state index contributed by atoms with van der Waals surface area (Å²) >= 11 is 0. The Bertz CT molecular complexity index is 297. The van der Waals surface area contributed by atoms with Crippen LogP contribution < -0.4 is 5.32 Å². The second-order valence-corrected chi connectivity index (χ2v) is 3.03. The molecule has 0 aliphatic carbocycles. The monoisotopic (exact) mass is 196 g/mol. The molecule has 2 amide bonds. The number of hydrogen-bond acceptors (Lipinski definition) is 2. The number of carboxylic acids is 1. The van der Waals surface area contributed by atoms with Gasteiger partial charge < -0.3 is 15.3 Å². The third-order valence-corrected chi connectivity index (χ3v) is 2.02. The number of carboxylic acid groups (broad SMARTS) is 1. The summed E-state index contributed by atoms with van der Waals surface area (Å²) < 4.78 is 0. The minimum atomic E-state index is -0.845. The highest BCUT2D eigenvalue weighted by molar-refractivity contribution is 5.79. The van der Waals surface area contributed by atoms with Gasteiger partial charge in [-0.15, -0.1) is 5.92 Å². The van der Waals surface area contributed by atoms with Gasteiger partial charge in [0.25, 0.3) is 0 Å². The maximum atomic E-state index is 11.2. The number of hydrogen-bond donors (Lipinski definition) is 2. The molecule has 2 N–H and O–H groups in total. The first-order valence-corrected chi connectivity index (χ1v) is 4.30. The first-order chi connectivity index (χ1) is 6.65. The van der Waals surface area contributed by atoms with Crippen LogP contribution in [-0.2, 0) is 4.79 Å². The number of likely N-dealkylation sites (tertiary alicyclic amines) is 1. The Morgan fingerprint density at radius 3 is 2.71 bits per heavy atom. The fraction of sp³-hybridized carbons (Fsp3) is 0.556. The molecule has 0 unspecified atom stereocenters. The highest BCUT2D eigenvalue weighted by Gasteiger charge is 2.35. The average molecular weight is 196 g/mol. The summed E-state index contributed by atoms with van der Waals surface area (Å²) in [6, 6.07) is -0.245. The van der Waals surface area contributed by atoms with E-state index in [1.807, 2.05) is 0 Å². The molecule has 1 fully saturated rings. The molecule has 1 saturated heterocycles. The van der Waals surface area contributed by atoms with Crippen molar-refractivity contribution in [3.63, 3.8) is 0 Å². The number of urea groups is 1. The molecule has 5 nitrogen and oxygen atoms in total. The Balaban J connectivity index is 2.21. The molecule has 0 bridgehead atoms. The summed E-state index contributed by atoms with van der Waals surface area (Å²) in [6.45, 7) is 2.58. The van der Waals surface area contributed by atoms with Crippen molar-refractivity contribution in [2.24, 2.45) is 5.92 Å². The standard InChI is InChI=1S/C9H12N2O3/c1-2-3-4-10-9(14)11-5-7(6-11)8(12)13/h7H,4-6H2,1H3,(H,10,14)(H,12,13). The minimum absolute atomic E-state index is 0.245. The zero-order chi connectivity index (χ0) is 10.6. The Kier molecular flexibility index (Phi) is 3.35. The van der Waals surface area contributed by atoms with Crippen LogP contribution in [0.5, 0.6) is 0 Å². The van der Waals surface area contributed by atoms with Crippen LogP contribution in [0.15, 0.2) is 0 Å². The maximum absolute atomic E-state index is 11.2. The Morgan fingerprint density at radius 1 is 1.57 bits per heavy atom. The zero-order valence-electron chi connectivity index (χ0n) is 7.91. The van der Waals surface area contributed by atoms with E-state index < -0.39 is 11.9 Å². The van der Waals surface area contributed by atoms with Gasteiger partial charge in [-0.25, -0.2) is 4.79 Å². The molecule has 0 aromatic carbocycles. The first kappa shape index (κ1) is 10.4. The van der Waals surface area contributed by atoms with Crippen LogP contribution in [-0.4, -0.2) is 41.6 Å². The van der Waals surface area contributed by atoms with E-state index in [4.69, 9.17) is 5.11 Å². The Hall–Kier alpha value is -1.70. The van der Waals surface area contributed by atoms with Crippen molar-refractivity contribution >= 4 is 12.0 Å². The number of nitrogens with zero attached hydrogens (tertiary/aromatic N) is 1. The summed E-state index contributed by atoms with van der Waals surface area (Å²) in [4.78, 5) is 23.1. The smallest absolute Gasteiger partial charge is 0.318 e. The number of carbonyl (C=O) groups is 2. The summed E-state index contributed by atoms with van der Waals surface area (Å²) in [6.07, 6.45) is 0. The van der Waals surface area contributed by atoms with Crippen LogP contribution in [0, 0.1) is 17.8 Å². The molecule has 1 heterocycles. The van der Waals surface area contributed by atoms with E-state index in [2.05, 4.69) is 17.2 Å². The van der Waals surface area contributed by atoms with Crippen molar-refractivity contribution < 1.29 is 14.7 Å². The van der Waals surface area contributed by atoms with Crippen LogP contribution >= 0.6 is 0 Å².